The van der Waals surface area contributed by atoms with Crippen molar-refractivity contribution in [3.63, 3.8) is 0 Å². The van der Waals surface area contributed by atoms with Gasteiger partial charge in [0.2, 0.25) is 5.88 Å². The predicted molar refractivity (Wildman–Crippen MR) is 107 cm³/mol. The first-order valence-electron chi connectivity index (χ1n) is 8.06. The quantitative estimate of drug-likeness (QED) is 0.590. The molecule has 0 aliphatic heterocycles. The van der Waals surface area contributed by atoms with Crippen LogP contribution in [-0.4, -0.2) is 22.5 Å². The van der Waals surface area contributed by atoms with Crippen LogP contribution in [0, 0.1) is 10.5 Å². The Morgan fingerprint density at radius 3 is 3.08 bits per heavy atom. The van der Waals surface area contributed by atoms with Crippen molar-refractivity contribution in [2.24, 2.45) is 0 Å². The number of amides is 1. The van der Waals surface area contributed by atoms with Crippen LogP contribution in [-0.2, 0) is 17.6 Å². The number of halogens is 1. The summed E-state index contributed by atoms with van der Waals surface area (Å²) in [4.78, 5) is 23.2. The van der Waals surface area contributed by atoms with E-state index < -0.39 is 0 Å². The molecule has 5 nitrogen and oxygen atoms in total. The molecule has 1 aliphatic carbocycles. The normalized spacial score (nSPS) is 13.0. The highest BCUT2D eigenvalue weighted by Gasteiger charge is 2.22. The molecule has 2 aromatic heterocycles. The molecule has 1 N–H and O–H groups in total. The zero-order chi connectivity index (χ0) is 17.4. The summed E-state index contributed by atoms with van der Waals surface area (Å²) in [5.74, 6) is 0.321. The summed E-state index contributed by atoms with van der Waals surface area (Å²) < 4.78 is 6.88. The third-order valence-electron chi connectivity index (χ3n) is 4.27. The van der Waals surface area contributed by atoms with Crippen molar-refractivity contribution >= 4 is 55.7 Å². The average Bonchev–Trinajstić information content (AvgIpc) is 3.16. The summed E-state index contributed by atoms with van der Waals surface area (Å²) in [7, 11) is 0. The van der Waals surface area contributed by atoms with E-state index in [1.807, 2.05) is 25.1 Å². The first-order valence-corrected chi connectivity index (χ1v) is 9.95. The molecule has 4 rings (SSSR count). The van der Waals surface area contributed by atoms with E-state index in [4.69, 9.17) is 4.74 Å². The van der Waals surface area contributed by atoms with Gasteiger partial charge in [-0.25, -0.2) is 9.97 Å². The number of hydrogen-bond acceptors (Lipinski definition) is 5. The Labute approximate surface area is 163 Å². The molecule has 0 unspecified atom stereocenters. The topological polar surface area (TPSA) is 64.1 Å². The number of fused-ring (bicyclic) bond motifs is 3. The van der Waals surface area contributed by atoms with Crippen molar-refractivity contribution in [1.29, 1.82) is 0 Å². The van der Waals surface area contributed by atoms with E-state index in [1.54, 1.807) is 11.3 Å². The number of carbonyl (C=O) groups is 1. The number of aromatic nitrogens is 2. The van der Waals surface area contributed by atoms with E-state index in [1.165, 1.54) is 16.8 Å². The number of anilines is 1. The molecular formula is C18H16IN3O2S. The molecule has 0 saturated carbocycles. The van der Waals surface area contributed by atoms with Crippen molar-refractivity contribution < 1.29 is 9.53 Å². The van der Waals surface area contributed by atoms with Crippen LogP contribution >= 0.6 is 33.9 Å². The van der Waals surface area contributed by atoms with Gasteiger partial charge in [-0.1, -0.05) is 0 Å². The summed E-state index contributed by atoms with van der Waals surface area (Å²) >= 11 is 3.96. The second kappa shape index (κ2) is 6.87. The van der Waals surface area contributed by atoms with Gasteiger partial charge in [-0.15, -0.1) is 11.3 Å². The maximum atomic E-state index is 12.3. The van der Waals surface area contributed by atoms with Crippen molar-refractivity contribution in [1.82, 2.24) is 9.97 Å². The van der Waals surface area contributed by atoms with Crippen LogP contribution in [0.3, 0.4) is 0 Å². The SMILES string of the molecule is Cc1cc(I)ccc1NC(=O)COc1ncnc2sc3c(c12)CCC3. The van der Waals surface area contributed by atoms with E-state index >= 15 is 0 Å². The molecule has 128 valence electrons. The van der Waals surface area contributed by atoms with E-state index in [2.05, 4.69) is 37.9 Å². The van der Waals surface area contributed by atoms with Crippen molar-refractivity contribution in [2.45, 2.75) is 26.2 Å². The minimum absolute atomic E-state index is 0.0673. The lowest BCUT2D eigenvalue weighted by molar-refractivity contribution is -0.118. The maximum Gasteiger partial charge on any atom is 0.262 e. The van der Waals surface area contributed by atoms with Gasteiger partial charge in [0.15, 0.2) is 6.61 Å². The lowest BCUT2D eigenvalue weighted by atomic mass is 10.2. The molecule has 0 radical (unpaired) electrons. The molecule has 0 spiro atoms. The lowest BCUT2D eigenvalue weighted by Crippen LogP contribution is -2.21. The largest absolute Gasteiger partial charge is 0.467 e. The third-order valence-corrected chi connectivity index (χ3v) is 6.14. The van der Waals surface area contributed by atoms with Crippen molar-refractivity contribution in [2.75, 3.05) is 11.9 Å². The highest BCUT2D eigenvalue weighted by molar-refractivity contribution is 14.1. The molecule has 0 fully saturated rings. The van der Waals surface area contributed by atoms with Crippen LogP contribution in [0.25, 0.3) is 10.2 Å². The van der Waals surface area contributed by atoms with Gasteiger partial charge in [-0.3, -0.25) is 4.79 Å². The molecule has 1 aromatic carbocycles. The van der Waals surface area contributed by atoms with Gasteiger partial charge in [0, 0.05) is 14.1 Å². The van der Waals surface area contributed by atoms with Gasteiger partial charge in [0.1, 0.15) is 11.2 Å². The molecule has 0 bridgehead atoms. The van der Waals surface area contributed by atoms with Gasteiger partial charge in [0.05, 0.1) is 5.39 Å². The van der Waals surface area contributed by atoms with Gasteiger partial charge in [0.25, 0.3) is 5.91 Å². The number of benzene rings is 1. The van der Waals surface area contributed by atoms with Gasteiger partial charge in [-0.2, -0.15) is 0 Å². The molecule has 1 aliphatic rings. The van der Waals surface area contributed by atoms with Crippen LogP contribution in [0.1, 0.15) is 22.4 Å². The fraction of sp³-hybridized carbons (Fsp3) is 0.278. The Hall–Kier alpha value is -1.74. The molecule has 7 heteroatoms. The fourth-order valence-electron chi connectivity index (χ4n) is 3.10. The Bertz CT molecular complexity index is 970. The number of nitrogens with zero attached hydrogens (tertiary/aromatic N) is 2. The maximum absolute atomic E-state index is 12.3. The lowest BCUT2D eigenvalue weighted by Gasteiger charge is -2.10. The number of rotatable bonds is 4. The Balaban J connectivity index is 1.50. The average molecular weight is 465 g/mol. The first kappa shape index (κ1) is 16.7. The number of hydrogen-bond donors (Lipinski definition) is 1. The molecule has 25 heavy (non-hydrogen) atoms. The second-order valence-corrected chi connectivity index (χ2v) is 8.34. The molecule has 2 heterocycles. The van der Waals surface area contributed by atoms with Crippen molar-refractivity contribution in [3.8, 4) is 5.88 Å². The molecule has 0 atom stereocenters. The second-order valence-electron chi connectivity index (χ2n) is 6.01. The number of aryl methyl sites for hydroxylation is 3. The van der Waals surface area contributed by atoms with Crippen LogP contribution < -0.4 is 10.1 Å². The summed E-state index contributed by atoms with van der Waals surface area (Å²) in [6.45, 7) is 1.91. The van der Waals surface area contributed by atoms with Crippen LogP contribution in [0.4, 0.5) is 5.69 Å². The Morgan fingerprint density at radius 1 is 1.36 bits per heavy atom. The molecule has 0 saturated heterocycles. The minimum atomic E-state index is -0.192. The van der Waals surface area contributed by atoms with E-state index in [9.17, 15) is 4.79 Å². The smallest absolute Gasteiger partial charge is 0.262 e. The standard InChI is InChI=1S/C18H16IN3O2S/c1-10-7-11(19)5-6-13(10)22-15(23)8-24-17-16-12-3-2-4-14(12)25-18(16)21-9-20-17/h5-7,9H,2-4,8H2,1H3,(H,22,23). The summed E-state index contributed by atoms with van der Waals surface area (Å²) in [6.07, 6.45) is 4.80. The first-order chi connectivity index (χ1) is 12.1. The van der Waals surface area contributed by atoms with E-state index in [0.29, 0.717) is 5.88 Å². The van der Waals surface area contributed by atoms with Crippen molar-refractivity contribution in [3.05, 3.63) is 44.1 Å². The number of thiophene rings is 1. The predicted octanol–water partition coefficient (Wildman–Crippen LogP) is 4.11. The monoisotopic (exact) mass is 465 g/mol. The summed E-state index contributed by atoms with van der Waals surface area (Å²) in [5.41, 5.74) is 3.13. The number of ether oxygens (including phenoxy) is 1. The van der Waals surface area contributed by atoms with E-state index in [0.717, 1.165) is 44.3 Å². The number of carbonyl (C=O) groups excluding carboxylic acids is 1. The Kier molecular flexibility index (Phi) is 4.60. The third kappa shape index (κ3) is 3.35. The zero-order valence-corrected chi connectivity index (χ0v) is 16.6. The minimum Gasteiger partial charge on any atom is -0.467 e. The molecule has 1 amide bonds. The van der Waals surface area contributed by atoms with Gasteiger partial charge >= 0.3 is 0 Å². The molecule has 3 aromatic rings. The van der Waals surface area contributed by atoms with E-state index in [-0.39, 0.29) is 12.5 Å². The number of nitrogens with one attached hydrogen (secondary N) is 1. The summed E-state index contributed by atoms with van der Waals surface area (Å²) in [5, 5.41) is 3.88. The zero-order valence-electron chi connectivity index (χ0n) is 13.6. The summed E-state index contributed by atoms with van der Waals surface area (Å²) in [6, 6.07) is 5.90. The highest BCUT2D eigenvalue weighted by atomic mass is 127. The van der Waals surface area contributed by atoms with Crippen LogP contribution in [0.15, 0.2) is 24.5 Å². The van der Waals surface area contributed by atoms with Crippen LogP contribution in [0.2, 0.25) is 0 Å². The molecular weight excluding hydrogens is 449 g/mol. The van der Waals surface area contributed by atoms with Gasteiger partial charge in [-0.05, 0) is 78.1 Å². The highest BCUT2D eigenvalue weighted by Crippen LogP contribution is 2.39. The van der Waals surface area contributed by atoms with Crippen LogP contribution in [0.5, 0.6) is 5.88 Å². The Morgan fingerprint density at radius 2 is 2.24 bits per heavy atom. The van der Waals surface area contributed by atoms with Gasteiger partial charge < -0.3 is 10.1 Å². The fourth-order valence-corrected chi connectivity index (χ4v) is 4.96.